The summed E-state index contributed by atoms with van der Waals surface area (Å²) in [6.45, 7) is 6.19. The van der Waals surface area contributed by atoms with E-state index in [0.29, 0.717) is 23.1 Å². The van der Waals surface area contributed by atoms with E-state index in [2.05, 4.69) is 5.32 Å². The molecule has 0 radical (unpaired) electrons. The number of carbonyl (C=O) groups excluding carboxylic acids is 1. The number of aromatic nitrogens is 2. The van der Waals surface area contributed by atoms with E-state index in [9.17, 15) is 14.4 Å². The highest BCUT2D eigenvalue weighted by atomic mass is 16.2. The zero-order chi connectivity index (χ0) is 23.5. The molecule has 0 saturated carbocycles. The van der Waals surface area contributed by atoms with Gasteiger partial charge in [0.1, 0.15) is 0 Å². The molecular weight excluding hydrogens is 414 g/mol. The standard InChI is InChI=1S/C27H27N3O3/c1-18(2)28-25(31)16-20-12-14-22(15-13-20)30-26(32)23-10-6-7-11-24(23)29(27(30)33)17-21-9-5-4-8-19(21)3/h4-15,18H,16-17H2,1-3H3,(H,28,31). The molecule has 0 unspecified atom stereocenters. The topological polar surface area (TPSA) is 73.1 Å². The third-order valence-electron chi connectivity index (χ3n) is 5.65. The molecule has 6 heteroatoms. The molecule has 1 amide bonds. The molecule has 1 aromatic heterocycles. The first-order chi connectivity index (χ1) is 15.8. The maximum Gasteiger partial charge on any atom is 0.336 e. The van der Waals surface area contributed by atoms with E-state index >= 15 is 0 Å². The third-order valence-corrected chi connectivity index (χ3v) is 5.65. The second kappa shape index (κ2) is 9.28. The summed E-state index contributed by atoms with van der Waals surface area (Å²) in [5.74, 6) is -0.0683. The van der Waals surface area contributed by atoms with Crippen LogP contribution < -0.4 is 16.6 Å². The van der Waals surface area contributed by atoms with Crippen molar-refractivity contribution in [1.82, 2.24) is 14.5 Å². The van der Waals surface area contributed by atoms with Gasteiger partial charge >= 0.3 is 5.69 Å². The Balaban J connectivity index is 1.80. The number of para-hydroxylation sites is 1. The number of nitrogens with zero attached hydrogens (tertiary/aromatic N) is 2. The van der Waals surface area contributed by atoms with E-state index in [4.69, 9.17) is 0 Å². The van der Waals surface area contributed by atoms with Crippen molar-refractivity contribution in [2.24, 2.45) is 0 Å². The molecule has 1 N–H and O–H groups in total. The Morgan fingerprint density at radius 1 is 0.909 bits per heavy atom. The van der Waals surface area contributed by atoms with Gasteiger partial charge in [0.15, 0.2) is 0 Å². The second-order valence-corrected chi connectivity index (χ2v) is 8.52. The molecule has 0 atom stereocenters. The molecule has 0 bridgehead atoms. The largest absolute Gasteiger partial charge is 0.354 e. The van der Waals surface area contributed by atoms with Crippen LogP contribution in [0.3, 0.4) is 0 Å². The van der Waals surface area contributed by atoms with Crippen LogP contribution in [0.4, 0.5) is 0 Å². The Hall–Kier alpha value is -3.93. The minimum absolute atomic E-state index is 0.0683. The number of amides is 1. The third kappa shape index (κ3) is 4.65. The summed E-state index contributed by atoms with van der Waals surface area (Å²) in [6.07, 6.45) is 0.239. The molecule has 0 aliphatic rings. The number of aryl methyl sites for hydroxylation is 1. The lowest BCUT2D eigenvalue weighted by molar-refractivity contribution is -0.120. The van der Waals surface area contributed by atoms with E-state index in [1.807, 2.05) is 51.1 Å². The average Bonchev–Trinajstić information content (AvgIpc) is 2.78. The average molecular weight is 442 g/mol. The Morgan fingerprint density at radius 3 is 2.27 bits per heavy atom. The first-order valence-electron chi connectivity index (χ1n) is 11.0. The van der Waals surface area contributed by atoms with E-state index in [1.54, 1.807) is 47.0 Å². The van der Waals surface area contributed by atoms with Crippen molar-refractivity contribution >= 4 is 16.8 Å². The van der Waals surface area contributed by atoms with Crippen LogP contribution in [-0.2, 0) is 17.8 Å². The van der Waals surface area contributed by atoms with Gasteiger partial charge in [0.2, 0.25) is 5.91 Å². The highest BCUT2D eigenvalue weighted by molar-refractivity contribution is 5.79. The fourth-order valence-corrected chi connectivity index (χ4v) is 3.98. The lowest BCUT2D eigenvalue weighted by Crippen LogP contribution is -2.39. The number of rotatable bonds is 6. The number of hydrogen-bond acceptors (Lipinski definition) is 3. The summed E-state index contributed by atoms with van der Waals surface area (Å²) in [7, 11) is 0. The molecule has 0 aliphatic heterocycles. The molecule has 168 valence electrons. The first kappa shape index (κ1) is 22.3. The number of nitrogens with one attached hydrogen (secondary N) is 1. The monoisotopic (exact) mass is 441 g/mol. The van der Waals surface area contributed by atoms with Gasteiger partial charge in [0, 0.05) is 6.04 Å². The summed E-state index contributed by atoms with van der Waals surface area (Å²) in [5, 5.41) is 3.34. The zero-order valence-corrected chi connectivity index (χ0v) is 19.0. The van der Waals surface area contributed by atoms with Crippen LogP contribution in [-0.4, -0.2) is 21.1 Å². The van der Waals surface area contributed by atoms with Crippen LogP contribution in [0.1, 0.15) is 30.5 Å². The van der Waals surface area contributed by atoms with E-state index < -0.39 is 5.69 Å². The zero-order valence-electron chi connectivity index (χ0n) is 19.0. The number of carbonyl (C=O) groups is 1. The van der Waals surface area contributed by atoms with Gasteiger partial charge in [-0.15, -0.1) is 0 Å². The molecule has 4 rings (SSSR count). The van der Waals surface area contributed by atoms with Crippen LogP contribution >= 0.6 is 0 Å². The minimum atomic E-state index is -0.396. The molecule has 6 nitrogen and oxygen atoms in total. The summed E-state index contributed by atoms with van der Waals surface area (Å²) >= 11 is 0. The fourth-order valence-electron chi connectivity index (χ4n) is 3.98. The molecule has 3 aromatic carbocycles. The number of benzene rings is 3. The van der Waals surface area contributed by atoms with Gasteiger partial charge in [0.05, 0.1) is 29.6 Å². The van der Waals surface area contributed by atoms with Gasteiger partial charge in [-0.05, 0) is 61.7 Å². The van der Waals surface area contributed by atoms with Crippen molar-refractivity contribution in [3.8, 4) is 5.69 Å². The van der Waals surface area contributed by atoms with Gasteiger partial charge in [-0.3, -0.25) is 14.2 Å². The fraction of sp³-hybridized carbons (Fsp3) is 0.222. The summed E-state index contributed by atoms with van der Waals surface area (Å²) in [5.41, 5.74) is 3.23. The van der Waals surface area contributed by atoms with Crippen molar-refractivity contribution in [2.45, 2.75) is 39.8 Å². The summed E-state index contributed by atoms with van der Waals surface area (Å²) in [4.78, 5) is 38.9. The van der Waals surface area contributed by atoms with Crippen molar-refractivity contribution < 1.29 is 4.79 Å². The van der Waals surface area contributed by atoms with Crippen molar-refractivity contribution in [1.29, 1.82) is 0 Å². The summed E-state index contributed by atoms with van der Waals surface area (Å²) in [6, 6.07) is 22.1. The molecule has 0 spiro atoms. The van der Waals surface area contributed by atoms with Gasteiger partial charge in [-0.25, -0.2) is 9.36 Å². The van der Waals surface area contributed by atoms with Gasteiger partial charge in [-0.2, -0.15) is 0 Å². The first-order valence-corrected chi connectivity index (χ1v) is 11.0. The highest BCUT2D eigenvalue weighted by Crippen LogP contribution is 2.15. The van der Waals surface area contributed by atoms with Gasteiger partial charge in [0.25, 0.3) is 5.56 Å². The van der Waals surface area contributed by atoms with Crippen LogP contribution in [0.2, 0.25) is 0 Å². The quantitative estimate of drug-likeness (QED) is 0.497. The van der Waals surface area contributed by atoms with E-state index in [-0.39, 0.29) is 23.9 Å². The molecular formula is C27H27N3O3. The Bertz CT molecular complexity index is 1430. The number of hydrogen-bond donors (Lipinski definition) is 1. The Morgan fingerprint density at radius 2 is 1.58 bits per heavy atom. The molecule has 0 fully saturated rings. The van der Waals surface area contributed by atoms with Crippen LogP contribution in [0.15, 0.2) is 82.4 Å². The van der Waals surface area contributed by atoms with Gasteiger partial charge in [-0.1, -0.05) is 48.5 Å². The highest BCUT2D eigenvalue weighted by Gasteiger charge is 2.15. The summed E-state index contributed by atoms with van der Waals surface area (Å²) < 4.78 is 2.85. The lowest BCUT2D eigenvalue weighted by Gasteiger charge is -2.15. The van der Waals surface area contributed by atoms with Crippen LogP contribution in [0, 0.1) is 6.92 Å². The second-order valence-electron chi connectivity index (χ2n) is 8.52. The molecule has 1 heterocycles. The van der Waals surface area contributed by atoms with Crippen molar-refractivity contribution in [3.05, 3.63) is 110 Å². The normalized spacial score (nSPS) is 11.2. The smallest absolute Gasteiger partial charge is 0.336 e. The molecule has 0 aliphatic carbocycles. The SMILES string of the molecule is Cc1ccccc1Cn1c(=O)n(-c2ccc(CC(=O)NC(C)C)cc2)c(=O)c2ccccc21. The predicted molar refractivity (Wildman–Crippen MR) is 131 cm³/mol. The maximum atomic E-state index is 13.6. The van der Waals surface area contributed by atoms with E-state index in [1.165, 1.54) is 4.57 Å². The molecule has 0 saturated heterocycles. The molecule has 33 heavy (non-hydrogen) atoms. The minimum Gasteiger partial charge on any atom is -0.354 e. The predicted octanol–water partition coefficient (Wildman–Crippen LogP) is 3.58. The number of fused-ring (bicyclic) bond motifs is 1. The van der Waals surface area contributed by atoms with Crippen LogP contribution in [0.5, 0.6) is 0 Å². The van der Waals surface area contributed by atoms with Crippen molar-refractivity contribution in [3.63, 3.8) is 0 Å². The Kier molecular flexibility index (Phi) is 6.27. The van der Waals surface area contributed by atoms with Gasteiger partial charge < -0.3 is 5.32 Å². The van der Waals surface area contributed by atoms with Crippen molar-refractivity contribution in [2.75, 3.05) is 0 Å². The lowest BCUT2D eigenvalue weighted by atomic mass is 10.1. The van der Waals surface area contributed by atoms with Crippen LogP contribution in [0.25, 0.3) is 16.6 Å². The Labute approximate surface area is 192 Å². The molecule has 4 aromatic rings. The van der Waals surface area contributed by atoms with E-state index in [0.717, 1.165) is 16.7 Å². The maximum absolute atomic E-state index is 13.6.